The number of carboxylic acids is 1. The zero-order chi connectivity index (χ0) is 41.0. The third kappa shape index (κ3) is 12.6. The molecule has 6 unspecified atom stereocenters. The third-order valence-corrected chi connectivity index (χ3v) is 8.08. The highest BCUT2D eigenvalue weighted by molar-refractivity contribution is 7.81. The molecule has 0 aromatic carbocycles. The minimum atomic E-state index is -1.59. The topological polar surface area (TPSA) is 366 Å². The van der Waals surface area contributed by atoms with Gasteiger partial charge in [0.05, 0.1) is 12.7 Å². The fraction of sp³-hybridized carbons (Fsp3) is 0.533. The van der Waals surface area contributed by atoms with Crippen molar-refractivity contribution in [3.63, 3.8) is 0 Å². The van der Waals surface area contributed by atoms with Crippen LogP contribution in [0.25, 0.3) is 0 Å². The van der Waals surface area contributed by atoms with Crippen LogP contribution in [0.5, 0.6) is 11.8 Å². The number of thiocarbonyl (C=S) groups is 2. The third-order valence-electron chi connectivity index (χ3n) is 7.45. The Kier molecular flexibility index (Phi) is 16.7. The predicted molar refractivity (Wildman–Crippen MR) is 197 cm³/mol. The second-order valence-electron chi connectivity index (χ2n) is 12.3. The fourth-order valence-corrected chi connectivity index (χ4v) is 5.05. The number of rotatable bonds is 20. The molecule has 24 heteroatoms. The molecule has 0 aliphatic heterocycles. The molecule has 2 aromatic rings. The van der Waals surface area contributed by atoms with Crippen molar-refractivity contribution in [1.82, 2.24) is 41.5 Å². The molecule has 0 saturated heterocycles. The Hall–Kier alpha value is -5.46. The van der Waals surface area contributed by atoms with E-state index < -0.39 is 96.0 Å². The number of aliphatic imine (C=N–C) groups is 1. The maximum Gasteiger partial charge on any atom is 0.326 e. The smallest absolute Gasteiger partial charge is 0.326 e. The van der Waals surface area contributed by atoms with Gasteiger partial charge in [0.2, 0.25) is 29.5 Å². The van der Waals surface area contributed by atoms with Crippen molar-refractivity contribution in [2.24, 2.45) is 22.4 Å². The number of guanidine groups is 1. The molecule has 2 heterocycles. The number of ketones is 1. The number of carbonyl (C=O) groups is 5. The van der Waals surface area contributed by atoms with Gasteiger partial charge in [0.15, 0.2) is 23.3 Å². The lowest BCUT2D eigenvalue weighted by Gasteiger charge is -2.23. The van der Waals surface area contributed by atoms with Gasteiger partial charge in [-0.2, -0.15) is 4.98 Å². The Bertz CT molecular complexity index is 1740. The average molecular weight is 800 g/mol. The summed E-state index contributed by atoms with van der Waals surface area (Å²) in [4.78, 5) is 76.2. The van der Waals surface area contributed by atoms with Crippen molar-refractivity contribution >= 4 is 69.8 Å². The second kappa shape index (κ2) is 20.1. The Morgan fingerprint density at radius 1 is 0.889 bits per heavy atom. The van der Waals surface area contributed by atoms with Gasteiger partial charge in [0, 0.05) is 13.0 Å². The SMILES string of the molecule is CC(NC(=S)c1nc(C(NC(=O)C(CO)NC(=O)C(C)NC(=S)c2[nH]c(C(=O)CCCN=C(N)N)nc2O)C(C)O)oc1O)C(=O)NC(C(=O)O)C(C)C. The number of nitrogens with two attached hydrogens (primary N) is 2. The summed E-state index contributed by atoms with van der Waals surface area (Å²) in [5.41, 5.74) is 9.97. The number of nitrogens with one attached hydrogen (secondary N) is 6. The Morgan fingerprint density at radius 2 is 1.48 bits per heavy atom. The molecular weight excluding hydrogens is 755 g/mol. The number of aromatic nitrogens is 3. The van der Waals surface area contributed by atoms with E-state index in [1.807, 2.05) is 0 Å². The molecule has 2 aromatic heterocycles. The first-order chi connectivity index (χ1) is 25.2. The molecule has 0 spiro atoms. The molecule has 22 nitrogen and oxygen atoms in total. The van der Waals surface area contributed by atoms with E-state index in [-0.39, 0.29) is 46.1 Å². The highest BCUT2D eigenvalue weighted by Gasteiger charge is 2.33. The number of carbonyl (C=O) groups excluding carboxylic acids is 4. The number of aromatic hydroxyl groups is 2. The number of aliphatic carboxylic acids is 1. The second-order valence-corrected chi connectivity index (χ2v) is 13.1. The van der Waals surface area contributed by atoms with E-state index in [2.05, 4.69) is 46.5 Å². The molecule has 15 N–H and O–H groups in total. The van der Waals surface area contributed by atoms with Crippen LogP contribution in [0.15, 0.2) is 9.41 Å². The van der Waals surface area contributed by atoms with Crippen LogP contribution in [0.1, 0.15) is 81.4 Å². The van der Waals surface area contributed by atoms with Crippen molar-refractivity contribution in [2.45, 2.75) is 83.8 Å². The quantitative estimate of drug-likeness (QED) is 0.0213. The molecule has 0 aliphatic rings. The zero-order valence-corrected chi connectivity index (χ0v) is 31.5. The lowest BCUT2D eigenvalue weighted by molar-refractivity contribution is -0.143. The fourth-order valence-electron chi connectivity index (χ4n) is 4.42. The van der Waals surface area contributed by atoms with Crippen LogP contribution in [0.2, 0.25) is 0 Å². The summed E-state index contributed by atoms with van der Waals surface area (Å²) in [7, 11) is 0. The van der Waals surface area contributed by atoms with Crippen molar-refractivity contribution in [3.05, 3.63) is 23.1 Å². The van der Waals surface area contributed by atoms with Crippen LogP contribution in [-0.4, -0.2) is 129 Å². The van der Waals surface area contributed by atoms with Gasteiger partial charge in [0.25, 0.3) is 0 Å². The average Bonchev–Trinajstić information content (AvgIpc) is 3.67. The minimum absolute atomic E-state index is 0.00157. The van der Waals surface area contributed by atoms with Crippen molar-refractivity contribution in [2.75, 3.05) is 13.2 Å². The molecule has 6 atom stereocenters. The van der Waals surface area contributed by atoms with Crippen LogP contribution >= 0.6 is 24.4 Å². The number of carboxylic acid groups (broad SMARTS) is 1. The van der Waals surface area contributed by atoms with Crippen LogP contribution in [0, 0.1) is 5.92 Å². The van der Waals surface area contributed by atoms with Crippen molar-refractivity contribution in [3.8, 4) is 11.8 Å². The first-order valence-corrected chi connectivity index (χ1v) is 17.1. The number of hydrogen-bond donors (Lipinski definition) is 13. The first-order valence-electron chi connectivity index (χ1n) is 16.3. The standard InChI is InChI=1S/C30H45N11O11S2/c1-10(2)16(28(49)50)38-22(46)12(4)35-27(54)19-29(51)52-25(40-19)17(13(5)43)39-23(47)14(9-42)36-21(45)11(3)34-26(53)18-24(48)41-20(37-18)15(44)7-6-8-33-30(31)32/h10-14,16-17,42-43,48,51H,6-9H2,1-5H3,(H,34,53)(H,35,54)(H,36,45)(H,37,41)(H,38,46)(H,39,47)(H,49,50)(H4,31,32,33). The van der Waals surface area contributed by atoms with Crippen LogP contribution in [-0.2, 0) is 19.2 Å². The summed E-state index contributed by atoms with van der Waals surface area (Å²) in [6, 6.07) is -6.48. The molecule has 298 valence electrons. The first kappa shape index (κ1) is 44.7. The maximum absolute atomic E-state index is 13.1. The molecule has 0 fully saturated rings. The Labute approximate surface area is 319 Å². The number of Topliss-reactive ketones (excluding diaryl/α,β-unsaturated/α-hetero) is 1. The van der Waals surface area contributed by atoms with Gasteiger partial charge in [-0.05, 0) is 33.1 Å². The number of nitrogens with zero attached hydrogens (tertiary/aromatic N) is 3. The van der Waals surface area contributed by atoms with E-state index in [1.165, 1.54) is 20.8 Å². The van der Waals surface area contributed by atoms with E-state index in [0.29, 0.717) is 6.42 Å². The molecular formula is C30H45N11O11S2. The summed E-state index contributed by atoms with van der Waals surface area (Å²) in [6.45, 7) is 6.49. The van der Waals surface area contributed by atoms with Crippen LogP contribution in [0.3, 0.4) is 0 Å². The summed E-state index contributed by atoms with van der Waals surface area (Å²) in [5, 5.41) is 62.6. The number of oxazole rings is 1. The number of aliphatic hydroxyl groups excluding tert-OH is 2. The number of aliphatic hydroxyl groups is 2. The van der Waals surface area contributed by atoms with Crippen LogP contribution < -0.4 is 38.1 Å². The molecule has 0 saturated carbocycles. The monoisotopic (exact) mass is 799 g/mol. The van der Waals surface area contributed by atoms with E-state index >= 15 is 0 Å². The summed E-state index contributed by atoms with van der Waals surface area (Å²) < 4.78 is 5.23. The van der Waals surface area contributed by atoms with Gasteiger partial charge in [0.1, 0.15) is 45.9 Å². The Morgan fingerprint density at radius 3 is 2.02 bits per heavy atom. The normalized spacial score (nSPS) is 14.4. The predicted octanol–water partition coefficient (Wildman–Crippen LogP) is -2.71. The molecule has 3 amide bonds. The molecule has 0 radical (unpaired) electrons. The molecule has 54 heavy (non-hydrogen) atoms. The van der Waals surface area contributed by atoms with Gasteiger partial charge in [-0.1, -0.05) is 38.3 Å². The van der Waals surface area contributed by atoms with E-state index in [0.717, 1.165) is 0 Å². The van der Waals surface area contributed by atoms with E-state index in [9.17, 15) is 49.5 Å². The molecule has 0 bridgehead atoms. The number of H-pyrrole nitrogens is 1. The number of aromatic amines is 1. The largest absolute Gasteiger partial charge is 0.492 e. The van der Waals surface area contributed by atoms with Gasteiger partial charge in [-0.15, -0.1) is 0 Å². The van der Waals surface area contributed by atoms with E-state index in [4.69, 9.17) is 40.3 Å². The van der Waals surface area contributed by atoms with E-state index in [1.54, 1.807) is 13.8 Å². The number of imidazole rings is 1. The Balaban J connectivity index is 2.06. The van der Waals surface area contributed by atoms with Crippen LogP contribution in [0.4, 0.5) is 0 Å². The summed E-state index contributed by atoms with van der Waals surface area (Å²) >= 11 is 10.5. The number of hydrogen-bond acceptors (Lipinski definition) is 15. The minimum Gasteiger partial charge on any atom is -0.492 e. The van der Waals surface area contributed by atoms with Crippen molar-refractivity contribution < 1.29 is 53.9 Å². The summed E-state index contributed by atoms with van der Waals surface area (Å²) in [6.07, 6.45) is -1.11. The molecule has 2 rings (SSSR count). The van der Waals surface area contributed by atoms with Gasteiger partial charge >= 0.3 is 11.9 Å². The lowest BCUT2D eigenvalue weighted by Crippen LogP contribution is -2.55. The highest BCUT2D eigenvalue weighted by Crippen LogP contribution is 2.25. The lowest BCUT2D eigenvalue weighted by atomic mass is 10.0. The maximum atomic E-state index is 13.1. The number of amides is 3. The molecule has 0 aliphatic carbocycles. The van der Waals surface area contributed by atoms with Gasteiger partial charge in [-0.25, -0.2) is 9.78 Å². The van der Waals surface area contributed by atoms with Crippen molar-refractivity contribution in [1.29, 1.82) is 0 Å². The zero-order valence-electron chi connectivity index (χ0n) is 29.9. The van der Waals surface area contributed by atoms with Gasteiger partial charge < -0.3 is 73.0 Å². The summed E-state index contributed by atoms with van der Waals surface area (Å²) in [5.74, 6) is -6.91. The van der Waals surface area contributed by atoms with Gasteiger partial charge in [-0.3, -0.25) is 24.2 Å². The highest BCUT2D eigenvalue weighted by atomic mass is 32.1.